The van der Waals surface area contributed by atoms with Gasteiger partial charge in [0, 0.05) is 24.3 Å². The van der Waals surface area contributed by atoms with Crippen molar-refractivity contribution in [1.82, 2.24) is 0 Å². The molecule has 2 nitrogen and oxygen atoms in total. The van der Waals surface area contributed by atoms with Crippen molar-refractivity contribution in [3.05, 3.63) is 29.8 Å². The van der Waals surface area contributed by atoms with E-state index in [4.69, 9.17) is 0 Å². The molecule has 1 aliphatic rings. The number of anilines is 1. The summed E-state index contributed by atoms with van der Waals surface area (Å²) in [5.41, 5.74) is 1.37. The van der Waals surface area contributed by atoms with Crippen LogP contribution in [0.2, 0.25) is 0 Å². The fraction of sp³-hybridized carbons (Fsp3) is 0.462. The number of carbonyl (C=O) groups excluding carboxylic acids is 1. The van der Waals surface area contributed by atoms with Crippen LogP contribution in [-0.4, -0.2) is 25.6 Å². The van der Waals surface area contributed by atoms with Crippen LogP contribution in [0, 0.1) is 5.92 Å². The van der Waals surface area contributed by atoms with Crippen molar-refractivity contribution in [2.45, 2.75) is 19.0 Å². The average Bonchev–Trinajstić information content (AvgIpc) is 2.38. The fourth-order valence-electron chi connectivity index (χ4n) is 2.26. The molecule has 0 atom stereocenters. The van der Waals surface area contributed by atoms with Crippen molar-refractivity contribution in [3.8, 4) is 0 Å². The molecular weight excluding hydrogens is 243 g/mol. The SMILES string of the molecule is O=Cc1cccc(N2CCC(C(F)(F)F)CC2)c1. The summed E-state index contributed by atoms with van der Waals surface area (Å²) in [5.74, 6) is -1.19. The average molecular weight is 257 g/mol. The molecule has 1 aromatic carbocycles. The first-order valence-corrected chi connectivity index (χ1v) is 5.87. The summed E-state index contributed by atoms with van der Waals surface area (Å²) in [6.07, 6.45) is -3.10. The standard InChI is InChI=1S/C13H14F3NO/c14-13(15,16)11-4-6-17(7-5-11)12-3-1-2-10(8-12)9-18/h1-3,8-9,11H,4-7H2. The molecule has 2 rings (SSSR count). The van der Waals surface area contributed by atoms with E-state index in [0.29, 0.717) is 18.7 Å². The number of piperidine rings is 1. The third-order valence-corrected chi connectivity index (χ3v) is 3.33. The van der Waals surface area contributed by atoms with E-state index in [0.717, 1.165) is 12.0 Å². The molecule has 18 heavy (non-hydrogen) atoms. The van der Waals surface area contributed by atoms with Gasteiger partial charge in [-0.05, 0) is 25.0 Å². The molecule has 98 valence electrons. The number of benzene rings is 1. The molecule has 5 heteroatoms. The third-order valence-electron chi connectivity index (χ3n) is 3.33. The van der Waals surface area contributed by atoms with E-state index in [1.807, 2.05) is 11.0 Å². The van der Waals surface area contributed by atoms with Crippen molar-refractivity contribution in [2.75, 3.05) is 18.0 Å². The van der Waals surface area contributed by atoms with Crippen LogP contribution in [0.1, 0.15) is 23.2 Å². The Morgan fingerprint density at radius 1 is 1.22 bits per heavy atom. The lowest BCUT2D eigenvalue weighted by Crippen LogP contribution is -2.39. The lowest BCUT2D eigenvalue weighted by Gasteiger charge is -2.34. The molecule has 0 aromatic heterocycles. The Kier molecular flexibility index (Phi) is 3.59. The maximum atomic E-state index is 12.5. The van der Waals surface area contributed by atoms with Gasteiger partial charge in [0.15, 0.2) is 0 Å². The van der Waals surface area contributed by atoms with Gasteiger partial charge in [-0.3, -0.25) is 4.79 Å². The minimum Gasteiger partial charge on any atom is -0.371 e. The molecule has 0 amide bonds. The second kappa shape index (κ2) is 5.00. The summed E-state index contributed by atoms with van der Waals surface area (Å²) in [6, 6.07) is 6.95. The van der Waals surface area contributed by atoms with Gasteiger partial charge in [0.05, 0.1) is 5.92 Å². The highest BCUT2D eigenvalue weighted by Crippen LogP contribution is 2.35. The quantitative estimate of drug-likeness (QED) is 0.758. The Bertz CT molecular complexity index is 422. The smallest absolute Gasteiger partial charge is 0.371 e. The van der Waals surface area contributed by atoms with Crippen LogP contribution in [0.25, 0.3) is 0 Å². The first-order chi connectivity index (χ1) is 8.50. The highest BCUT2D eigenvalue weighted by molar-refractivity contribution is 5.77. The molecule has 0 N–H and O–H groups in total. The number of nitrogens with zero attached hydrogens (tertiary/aromatic N) is 1. The molecule has 1 saturated heterocycles. The molecule has 0 bridgehead atoms. The van der Waals surface area contributed by atoms with Gasteiger partial charge in [0.25, 0.3) is 0 Å². The second-order valence-electron chi connectivity index (χ2n) is 4.52. The van der Waals surface area contributed by atoms with E-state index < -0.39 is 12.1 Å². The molecule has 0 radical (unpaired) electrons. The maximum Gasteiger partial charge on any atom is 0.391 e. The van der Waals surface area contributed by atoms with Crippen LogP contribution in [-0.2, 0) is 0 Å². The second-order valence-corrected chi connectivity index (χ2v) is 4.52. The van der Waals surface area contributed by atoms with Crippen LogP contribution in [0.4, 0.5) is 18.9 Å². The third kappa shape index (κ3) is 2.83. The van der Waals surface area contributed by atoms with Gasteiger partial charge in [0.1, 0.15) is 6.29 Å². The minimum atomic E-state index is -4.09. The highest BCUT2D eigenvalue weighted by Gasteiger charge is 2.41. The molecule has 1 fully saturated rings. The van der Waals surface area contributed by atoms with Crippen LogP contribution >= 0.6 is 0 Å². The van der Waals surface area contributed by atoms with E-state index in [1.54, 1.807) is 18.2 Å². The molecule has 1 heterocycles. The topological polar surface area (TPSA) is 20.3 Å². The molecule has 0 aliphatic carbocycles. The Morgan fingerprint density at radius 2 is 1.89 bits per heavy atom. The predicted octanol–water partition coefficient (Wildman–Crippen LogP) is 3.28. The van der Waals surface area contributed by atoms with Crippen molar-refractivity contribution >= 4 is 12.0 Å². The van der Waals surface area contributed by atoms with E-state index in [-0.39, 0.29) is 12.8 Å². The van der Waals surface area contributed by atoms with Crippen LogP contribution < -0.4 is 4.90 Å². The summed E-state index contributed by atoms with van der Waals surface area (Å²) in [5, 5.41) is 0. The van der Waals surface area contributed by atoms with Gasteiger partial charge < -0.3 is 4.90 Å². The van der Waals surface area contributed by atoms with Gasteiger partial charge in [0.2, 0.25) is 0 Å². The zero-order chi connectivity index (χ0) is 13.2. The van der Waals surface area contributed by atoms with Gasteiger partial charge in [-0.25, -0.2) is 0 Å². The van der Waals surface area contributed by atoms with E-state index in [2.05, 4.69) is 0 Å². The van der Waals surface area contributed by atoms with Gasteiger partial charge in [-0.15, -0.1) is 0 Å². The number of halogens is 3. The summed E-state index contributed by atoms with van der Waals surface area (Å²) in [7, 11) is 0. The fourth-order valence-corrected chi connectivity index (χ4v) is 2.26. The largest absolute Gasteiger partial charge is 0.391 e. The van der Waals surface area contributed by atoms with E-state index >= 15 is 0 Å². The van der Waals surface area contributed by atoms with Gasteiger partial charge in [-0.2, -0.15) is 13.2 Å². The Morgan fingerprint density at radius 3 is 2.44 bits per heavy atom. The Labute approximate surface area is 103 Å². The zero-order valence-electron chi connectivity index (χ0n) is 9.78. The van der Waals surface area contributed by atoms with Crippen LogP contribution in [0.15, 0.2) is 24.3 Å². The monoisotopic (exact) mass is 257 g/mol. The van der Waals surface area contributed by atoms with Crippen LogP contribution in [0.5, 0.6) is 0 Å². The number of rotatable bonds is 2. The first kappa shape index (κ1) is 12.9. The molecular formula is C13H14F3NO. The maximum absolute atomic E-state index is 12.5. The zero-order valence-corrected chi connectivity index (χ0v) is 9.78. The number of hydrogen-bond donors (Lipinski definition) is 0. The summed E-state index contributed by atoms with van der Waals surface area (Å²) >= 11 is 0. The lowest BCUT2D eigenvalue weighted by molar-refractivity contribution is -0.179. The van der Waals surface area contributed by atoms with Crippen molar-refractivity contribution in [3.63, 3.8) is 0 Å². The highest BCUT2D eigenvalue weighted by atomic mass is 19.4. The lowest BCUT2D eigenvalue weighted by atomic mass is 9.96. The van der Waals surface area contributed by atoms with Gasteiger partial charge >= 0.3 is 6.18 Å². The molecule has 1 aliphatic heterocycles. The summed E-state index contributed by atoms with van der Waals surface area (Å²) in [4.78, 5) is 12.6. The van der Waals surface area contributed by atoms with Crippen LogP contribution in [0.3, 0.4) is 0 Å². The Balaban J connectivity index is 2.03. The number of aldehydes is 1. The van der Waals surface area contributed by atoms with E-state index in [9.17, 15) is 18.0 Å². The number of hydrogen-bond acceptors (Lipinski definition) is 2. The molecule has 1 aromatic rings. The van der Waals surface area contributed by atoms with Crippen molar-refractivity contribution < 1.29 is 18.0 Å². The minimum absolute atomic E-state index is 0.120. The predicted molar refractivity (Wildman–Crippen MR) is 62.8 cm³/mol. The first-order valence-electron chi connectivity index (χ1n) is 5.87. The van der Waals surface area contributed by atoms with E-state index in [1.165, 1.54) is 0 Å². The van der Waals surface area contributed by atoms with Gasteiger partial charge in [-0.1, -0.05) is 12.1 Å². The normalized spacial score (nSPS) is 17.8. The Hall–Kier alpha value is -1.52. The summed E-state index contributed by atoms with van der Waals surface area (Å²) < 4.78 is 37.6. The molecule has 0 unspecified atom stereocenters. The summed E-state index contributed by atoms with van der Waals surface area (Å²) in [6.45, 7) is 0.763. The van der Waals surface area contributed by atoms with Crippen molar-refractivity contribution in [1.29, 1.82) is 0 Å². The molecule has 0 spiro atoms. The molecule has 0 saturated carbocycles. The van der Waals surface area contributed by atoms with Crippen molar-refractivity contribution in [2.24, 2.45) is 5.92 Å². The number of alkyl halides is 3. The number of carbonyl (C=O) groups is 1.